The Morgan fingerprint density at radius 1 is 0.982 bits per heavy atom. The number of piperidine rings is 1. The van der Waals surface area contributed by atoms with Crippen molar-refractivity contribution in [2.75, 3.05) is 59.0 Å². The van der Waals surface area contributed by atoms with E-state index < -0.39 is 45.4 Å². The van der Waals surface area contributed by atoms with Crippen LogP contribution in [0.5, 0.6) is 5.75 Å². The molecule has 1 unspecified atom stereocenters. The third-order valence-electron chi connectivity index (χ3n) is 15.1. The van der Waals surface area contributed by atoms with E-state index >= 15 is 4.79 Å². The number of ether oxygens (including phenoxy) is 3. The number of H-pyrrole nitrogens is 1. The number of benzene rings is 2. The molecule has 298 valence electrons. The quantitative estimate of drug-likeness (QED) is 0.184. The van der Waals surface area contributed by atoms with Crippen molar-refractivity contribution in [3.05, 3.63) is 70.9 Å². The van der Waals surface area contributed by atoms with Crippen LogP contribution in [0.2, 0.25) is 0 Å². The Balaban J connectivity index is 1.37. The van der Waals surface area contributed by atoms with Crippen molar-refractivity contribution < 1.29 is 38.8 Å². The molecule has 3 fully saturated rings. The van der Waals surface area contributed by atoms with Gasteiger partial charge in [-0.1, -0.05) is 44.2 Å². The average Bonchev–Trinajstić information content (AvgIpc) is 3.88. The summed E-state index contributed by atoms with van der Waals surface area (Å²) in [6, 6.07) is 10.9. The highest BCUT2D eigenvalue weighted by Crippen LogP contribution is 2.67. The van der Waals surface area contributed by atoms with Crippen molar-refractivity contribution in [2.24, 2.45) is 11.3 Å². The van der Waals surface area contributed by atoms with Gasteiger partial charge in [0.25, 0.3) is 0 Å². The van der Waals surface area contributed by atoms with Gasteiger partial charge in [-0.25, -0.2) is 4.79 Å². The van der Waals surface area contributed by atoms with Crippen LogP contribution in [0.25, 0.3) is 10.9 Å². The maximum atomic E-state index is 15.2. The predicted molar refractivity (Wildman–Crippen MR) is 210 cm³/mol. The summed E-state index contributed by atoms with van der Waals surface area (Å²) < 4.78 is 17.6. The second-order valence-corrected chi connectivity index (χ2v) is 17.5. The normalized spacial score (nSPS) is 37.0. The van der Waals surface area contributed by atoms with Crippen molar-refractivity contribution in [1.29, 1.82) is 0 Å². The number of rotatable bonds is 7. The van der Waals surface area contributed by atoms with E-state index in [2.05, 4.69) is 39.9 Å². The highest BCUT2D eigenvalue weighted by atomic mass is 16.5. The van der Waals surface area contributed by atoms with Gasteiger partial charge in [0.1, 0.15) is 11.2 Å². The van der Waals surface area contributed by atoms with Gasteiger partial charge in [-0.3, -0.25) is 19.4 Å². The van der Waals surface area contributed by atoms with Crippen LogP contribution in [0.4, 0.5) is 5.69 Å². The van der Waals surface area contributed by atoms with Gasteiger partial charge in [0.05, 0.1) is 38.7 Å². The molecular formula is C44H54N4O8. The molecule has 2 aromatic carbocycles. The van der Waals surface area contributed by atoms with Crippen LogP contribution in [0, 0.1) is 11.3 Å². The summed E-state index contributed by atoms with van der Waals surface area (Å²) in [5, 5.41) is 25.8. The van der Waals surface area contributed by atoms with E-state index in [4.69, 9.17) is 14.2 Å². The Labute approximate surface area is 327 Å². The van der Waals surface area contributed by atoms with Gasteiger partial charge in [-0.05, 0) is 80.7 Å². The molecular weight excluding hydrogens is 713 g/mol. The third kappa shape index (κ3) is 4.76. The number of fused-ring (bicyclic) bond motifs is 6. The number of aromatic nitrogens is 1. The zero-order chi connectivity index (χ0) is 39.4. The maximum absolute atomic E-state index is 15.2. The lowest BCUT2D eigenvalue weighted by Crippen LogP contribution is -2.74. The topological polar surface area (TPSA) is 145 Å². The number of anilines is 1. The van der Waals surface area contributed by atoms with Crippen LogP contribution in [0.15, 0.2) is 48.6 Å². The Kier molecular flexibility index (Phi) is 8.60. The molecule has 6 aliphatic rings. The van der Waals surface area contributed by atoms with Gasteiger partial charge < -0.3 is 34.3 Å². The molecule has 6 heterocycles. The van der Waals surface area contributed by atoms with Gasteiger partial charge in [-0.2, -0.15) is 0 Å². The Morgan fingerprint density at radius 3 is 2.48 bits per heavy atom. The van der Waals surface area contributed by atoms with Crippen molar-refractivity contribution in [3.8, 4) is 5.75 Å². The van der Waals surface area contributed by atoms with E-state index in [-0.39, 0.29) is 18.4 Å². The van der Waals surface area contributed by atoms with Crippen LogP contribution in [-0.2, 0) is 41.1 Å². The molecule has 5 aliphatic heterocycles. The first-order chi connectivity index (χ1) is 26.9. The number of methoxy groups -OCH3 is 3. The third-order valence-corrected chi connectivity index (χ3v) is 15.1. The number of para-hydroxylation sites is 1. The number of amides is 1. The van der Waals surface area contributed by atoms with Gasteiger partial charge in [-0.15, -0.1) is 0 Å². The fourth-order valence-corrected chi connectivity index (χ4v) is 13.0. The first kappa shape index (κ1) is 37.4. The summed E-state index contributed by atoms with van der Waals surface area (Å²) >= 11 is 0. The smallest absolute Gasteiger partial charge is 0.340 e. The number of nitrogens with zero attached hydrogens (tertiary/aromatic N) is 3. The molecule has 2 saturated heterocycles. The molecule has 3 N–H and O–H groups in total. The van der Waals surface area contributed by atoms with E-state index in [0.717, 1.165) is 34.1 Å². The van der Waals surface area contributed by atoms with Gasteiger partial charge in [0.15, 0.2) is 5.60 Å². The molecule has 12 heteroatoms. The number of nitrogens with one attached hydrogen (secondary N) is 1. The Bertz CT molecular complexity index is 2150. The van der Waals surface area contributed by atoms with Crippen molar-refractivity contribution >= 4 is 34.9 Å². The van der Waals surface area contributed by atoms with E-state index in [9.17, 15) is 19.8 Å². The first-order valence-corrected chi connectivity index (χ1v) is 20.2. The minimum Gasteiger partial charge on any atom is -0.496 e. The maximum Gasteiger partial charge on any atom is 0.340 e. The lowest BCUT2D eigenvalue weighted by atomic mass is 9.49. The molecule has 1 saturated carbocycles. The molecule has 12 nitrogen and oxygen atoms in total. The number of carbonyl (C=O) groups is 3. The number of aliphatic hydroxyl groups is 2. The highest BCUT2D eigenvalue weighted by Gasteiger charge is 2.76. The lowest BCUT2D eigenvalue weighted by molar-refractivity contribution is -0.181. The van der Waals surface area contributed by atoms with Crippen LogP contribution < -0.4 is 9.64 Å². The summed E-state index contributed by atoms with van der Waals surface area (Å²) in [7, 11) is 4.27. The van der Waals surface area contributed by atoms with Gasteiger partial charge in [0.2, 0.25) is 6.41 Å². The predicted octanol–water partition coefficient (Wildman–Crippen LogP) is 3.98. The van der Waals surface area contributed by atoms with E-state index in [1.807, 2.05) is 37.3 Å². The number of esters is 2. The summed E-state index contributed by atoms with van der Waals surface area (Å²) in [6.07, 6.45) is 8.41. The first-order valence-electron chi connectivity index (χ1n) is 20.2. The molecule has 1 aromatic heterocycles. The minimum absolute atomic E-state index is 0.0959. The minimum atomic E-state index is -2.04. The summed E-state index contributed by atoms with van der Waals surface area (Å²) in [5.74, 6) is -0.932. The number of carbonyl (C=O) groups excluding carboxylic acids is 3. The molecule has 9 rings (SSSR count). The SMILES string of the molecule is CC[C@]1(O)C[C@H]2CN(CCc3c([nH]c4ccccc34)[C@@](C(=O)OC)(c3cc4c(cc3OC)N(C=O)[C@@H]3[C@]45CCN4CC=C[C@@](CC)(C[C@]3(O)C(=O)OC)[C@H]45)C2)C1. The van der Waals surface area contributed by atoms with Crippen LogP contribution in [-0.4, -0.2) is 121 Å². The summed E-state index contributed by atoms with van der Waals surface area (Å²) in [4.78, 5) is 52.8. The fourth-order valence-electron chi connectivity index (χ4n) is 13.0. The zero-order valence-corrected chi connectivity index (χ0v) is 33.1. The fraction of sp³-hybridized carbons (Fsp3) is 0.568. The van der Waals surface area contributed by atoms with E-state index in [1.54, 1.807) is 7.11 Å². The second-order valence-electron chi connectivity index (χ2n) is 17.5. The largest absolute Gasteiger partial charge is 0.496 e. The standard InChI is InChI=1S/C44H54N4O8/c1-6-40-14-10-16-47-18-15-42(36(40)47)30-19-31(34(54-3)20-33(30)48(26-49)37(42)44(53,24-40)39(51)56-5)43(38(50)55-4)22-27-21-41(52,7-2)25-46(23-27)17-13-29-28-11-8-9-12-32(28)45-35(29)43/h8-12,14,19-20,26-27,36-37,45,52-53H,6-7,13,15-18,21-25H2,1-5H3/t27-,36+,37-,40+,41+,42-,43+,44-/m1/s1. The molecule has 1 aliphatic carbocycles. The molecule has 0 radical (unpaired) electrons. The number of aromatic amines is 1. The monoisotopic (exact) mass is 766 g/mol. The van der Waals surface area contributed by atoms with Gasteiger partial charge in [0, 0.05) is 71.3 Å². The number of hydrogen-bond acceptors (Lipinski definition) is 10. The molecule has 3 aromatic rings. The van der Waals surface area contributed by atoms with Crippen LogP contribution in [0.1, 0.15) is 74.8 Å². The average molecular weight is 767 g/mol. The Hall–Kier alpha value is -4.23. The number of hydrogen-bond donors (Lipinski definition) is 3. The zero-order valence-electron chi connectivity index (χ0n) is 33.1. The summed E-state index contributed by atoms with van der Waals surface area (Å²) in [5.41, 5.74) is -1.32. The Morgan fingerprint density at radius 2 is 1.77 bits per heavy atom. The lowest BCUT2D eigenvalue weighted by Gasteiger charge is -2.60. The van der Waals surface area contributed by atoms with Gasteiger partial charge >= 0.3 is 11.9 Å². The van der Waals surface area contributed by atoms with Crippen molar-refractivity contribution in [2.45, 2.75) is 92.9 Å². The summed E-state index contributed by atoms with van der Waals surface area (Å²) in [6.45, 7) is 7.49. The molecule has 9 atom stereocenters. The van der Waals surface area contributed by atoms with Crippen LogP contribution in [0.3, 0.4) is 0 Å². The second kappa shape index (κ2) is 12.9. The van der Waals surface area contributed by atoms with E-state index in [1.165, 1.54) is 19.1 Å². The molecule has 1 spiro atoms. The molecule has 56 heavy (non-hydrogen) atoms. The highest BCUT2D eigenvalue weighted by molar-refractivity contribution is 5.96. The van der Waals surface area contributed by atoms with Crippen LogP contribution >= 0.6 is 0 Å². The van der Waals surface area contributed by atoms with Crippen molar-refractivity contribution in [1.82, 2.24) is 14.8 Å². The van der Waals surface area contributed by atoms with E-state index in [0.29, 0.717) is 88.2 Å². The molecule has 2 bridgehead atoms. The van der Waals surface area contributed by atoms with Crippen molar-refractivity contribution in [3.63, 3.8) is 0 Å². The molecule has 1 amide bonds.